The van der Waals surface area contributed by atoms with Gasteiger partial charge in [0.1, 0.15) is 5.82 Å². The molecule has 0 aliphatic carbocycles. The Bertz CT molecular complexity index is 1030. The number of hydrogen-bond donors (Lipinski definition) is 1. The van der Waals surface area contributed by atoms with Crippen LogP contribution in [0.25, 0.3) is 16.6 Å². The summed E-state index contributed by atoms with van der Waals surface area (Å²) in [4.78, 5) is 26.3. The molecule has 26 heavy (non-hydrogen) atoms. The van der Waals surface area contributed by atoms with E-state index in [1.54, 1.807) is 18.2 Å². The van der Waals surface area contributed by atoms with Crippen molar-refractivity contribution < 1.29 is 14.3 Å². The Kier molecular flexibility index (Phi) is 4.71. The van der Waals surface area contributed by atoms with Crippen LogP contribution in [0.3, 0.4) is 0 Å². The van der Waals surface area contributed by atoms with Gasteiger partial charge in [0.2, 0.25) is 11.1 Å². The maximum Gasteiger partial charge on any atom is 0.360 e. The van der Waals surface area contributed by atoms with Crippen LogP contribution >= 0.6 is 0 Å². The first-order valence-electron chi connectivity index (χ1n) is 8.20. The van der Waals surface area contributed by atoms with Gasteiger partial charge in [-0.05, 0) is 42.8 Å². The molecule has 3 aromatic rings. The van der Waals surface area contributed by atoms with E-state index < -0.39 is 22.9 Å². The summed E-state index contributed by atoms with van der Waals surface area (Å²) in [7, 11) is 1.85. The third-order valence-electron chi connectivity index (χ3n) is 4.13. The van der Waals surface area contributed by atoms with Gasteiger partial charge in [0.05, 0.1) is 16.6 Å². The lowest BCUT2D eigenvalue weighted by molar-refractivity contribution is 0.0687. The van der Waals surface area contributed by atoms with E-state index in [4.69, 9.17) is 0 Å². The minimum atomic E-state index is -1.40. The number of aromatic carboxylic acids is 1. The van der Waals surface area contributed by atoms with Crippen molar-refractivity contribution in [2.24, 2.45) is 0 Å². The summed E-state index contributed by atoms with van der Waals surface area (Å²) in [6.07, 6.45) is 0.871. The molecule has 0 aliphatic heterocycles. The van der Waals surface area contributed by atoms with Crippen LogP contribution in [0.5, 0.6) is 0 Å². The molecule has 134 valence electrons. The van der Waals surface area contributed by atoms with Crippen molar-refractivity contribution in [3.63, 3.8) is 0 Å². The summed E-state index contributed by atoms with van der Waals surface area (Å²) >= 11 is 0. The van der Waals surface area contributed by atoms with Crippen molar-refractivity contribution in [2.45, 2.75) is 13.3 Å². The number of carboxylic acid groups (broad SMARTS) is 1. The van der Waals surface area contributed by atoms with Crippen molar-refractivity contribution in [2.75, 3.05) is 18.5 Å². The van der Waals surface area contributed by atoms with Crippen LogP contribution in [0.1, 0.15) is 23.8 Å². The van der Waals surface area contributed by atoms with E-state index in [-0.39, 0.29) is 5.39 Å². The standard InChI is InChI=1S/C19H18FN3O3/c1-3-11-22(2)14-5-4-6-15-16(14)18(24)17(19(25)26)21-23(15)13-9-7-12(20)8-10-13/h4-10H,3,11H2,1-2H3,(H,25,26). The second kappa shape index (κ2) is 6.95. The van der Waals surface area contributed by atoms with E-state index in [1.807, 2.05) is 18.9 Å². The topological polar surface area (TPSA) is 75.4 Å². The Morgan fingerprint density at radius 2 is 1.92 bits per heavy atom. The zero-order chi connectivity index (χ0) is 18.8. The molecule has 2 aromatic carbocycles. The molecule has 1 N–H and O–H groups in total. The molecule has 0 saturated heterocycles. The van der Waals surface area contributed by atoms with Gasteiger partial charge < -0.3 is 10.0 Å². The molecule has 0 atom stereocenters. The van der Waals surface area contributed by atoms with Gasteiger partial charge >= 0.3 is 5.97 Å². The van der Waals surface area contributed by atoms with E-state index in [0.29, 0.717) is 23.4 Å². The van der Waals surface area contributed by atoms with E-state index in [9.17, 15) is 19.1 Å². The molecule has 0 fully saturated rings. The summed E-state index contributed by atoms with van der Waals surface area (Å²) in [6.45, 7) is 2.72. The summed E-state index contributed by atoms with van der Waals surface area (Å²) < 4.78 is 14.6. The number of hydrogen-bond acceptors (Lipinski definition) is 4. The zero-order valence-corrected chi connectivity index (χ0v) is 14.4. The number of rotatable bonds is 5. The van der Waals surface area contributed by atoms with Crippen molar-refractivity contribution >= 4 is 22.6 Å². The molecule has 6 nitrogen and oxygen atoms in total. The third kappa shape index (κ3) is 3.03. The Labute approximate surface area is 149 Å². The summed E-state index contributed by atoms with van der Waals surface area (Å²) in [6, 6.07) is 10.7. The van der Waals surface area contributed by atoms with Crippen molar-refractivity contribution in [3.8, 4) is 5.69 Å². The fourth-order valence-electron chi connectivity index (χ4n) is 2.95. The number of carbonyl (C=O) groups is 1. The predicted molar refractivity (Wildman–Crippen MR) is 97.8 cm³/mol. The molecule has 0 spiro atoms. The highest BCUT2D eigenvalue weighted by Crippen LogP contribution is 2.25. The Morgan fingerprint density at radius 1 is 1.23 bits per heavy atom. The van der Waals surface area contributed by atoms with Gasteiger partial charge in [-0.3, -0.25) is 4.79 Å². The van der Waals surface area contributed by atoms with Crippen LogP contribution in [0.15, 0.2) is 47.3 Å². The van der Waals surface area contributed by atoms with Crippen molar-refractivity contribution in [1.82, 2.24) is 9.78 Å². The monoisotopic (exact) mass is 355 g/mol. The fraction of sp³-hybridized carbons (Fsp3) is 0.211. The number of aromatic nitrogens is 2. The van der Waals surface area contributed by atoms with Crippen LogP contribution in [0.2, 0.25) is 0 Å². The predicted octanol–water partition coefficient (Wildman–Crippen LogP) is 3.07. The molecule has 0 saturated carbocycles. The molecule has 1 heterocycles. The van der Waals surface area contributed by atoms with E-state index >= 15 is 0 Å². The smallest absolute Gasteiger partial charge is 0.360 e. The van der Waals surface area contributed by atoms with Gasteiger partial charge in [-0.2, -0.15) is 5.10 Å². The third-order valence-corrected chi connectivity index (χ3v) is 4.13. The molecule has 0 amide bonds. The number of fused-ring (bicyclic) bond motifs is 1. The van der Waals surface area contributed by atoms with Crippen LogP contribution in [-0.4, -0.2) is 34.4 Å². The van der Waals surface area contributed by atoms with E-state index in [0.717, 1.165) is 6.42 Å². The second-order valence-corrected chi connectivity index (χ2v) is 5.96. The SMILES string of the molecule is CCCN(C)c1cccc2c1c(=O)c(C(=O)O)nn2-c1ccc(F)cc1. The molecule has 0 radical (unpaired) electrons. The maximum absolute atomic E-state index is 13.3. The Hall–Kier alpha value is -3.22. The number of anilines is 1. The molecular formula is C19H18FN3O3. The van der Waals surface area contributed by atoms with Gasteiger partial charge in [-0.25, -0.2) is 13.9 Å². The van der Waals surface area contributed by atoms with Gasteiger partial charge in [0.25, 0.3) is 0 Å². The van der Waals surface area contributed by atoms with Crippen LogP contribution in [0.4, 0.5) is 10.1 Å². The second-order valence-electron chi connectivity index (χ2n) is 5.96. The molecule has 7 heteroatoms. The lowest BCUT2D eigenvalue weighted by Gasteiger charge is -2.21. The molecule has 0 bridgehead atoms. The van der Waals surface area contributed by atoms with E-state index in [2.05, 4.69) is 5.10 Å². The summed E-state index contributed by atoms with van der Waals surface area (Å²) in [5.41, 5.74) is 0.361. The normalized spacial score (nSPS) is 10.9. The Morgan fingerprint density at radius 3 is 2.54 bits per heavy atom. The largest absolute Gasteiger partial charge is 0.476 e. The molecule has 0 aliphatic rings. The van der Waals surface area contributed by atoms with Crippen LogP contribution in [0, 0.1) is 5.82 Å². The van der Waals surface area contributed by atoms with Gasteiger partial charge in [-0.15, -0.1) is 0 Å². The van der Waals surface area contributed by atoms with Gasteiger partial charge in [0.15, 0.2) is 0 Å². The van der Waals surface area contributed by atoms with Crippen molar-refractivity contribution in [1.29, 1.82) is 0 Å². The summed E-state index contributed by atoms with van der Waals surface area (Å²) in [5, 5.41) is 13.7. The van der Waals surface area contributed by atoms with Gasteiger partial charge in [-0.1, -0.05) is 13.0 Å². The lowest BCUT2D eigenvalue weighted by Crippen LogP contribution is -2.26. The number of carboxylic acids is 1. The summed E-state index contributed by atoms with van der Waals surface area (Å²) in [5.74, 6) is -1.82. The fourth-order valence-corrected chi connectivity index (χ4v) is 2.95. The first kappa shape index (κ1) is 17.6. The highest BCUT2D eigenvalue weighted by Gasteiger charge is 2.20. The first-order valence-corrected chi connectivity index (χ1v) is 8.20. The number of benzene rings is 2. The van der Waals surface area contributed by atoms with E-state index in [1.165, 1.54) is 28.9 Å². The van der Waals surface area contributed by atoms with Gasteiger partial charge in [0, 0.05) is 19.3 Å². The highest BCUT2D eigenvalue weighted by molar-refractivity contribution is 5.97. The molecule has 0 unspecified atom stereocenters. The minimum absolute atomic E-state index is 0.278. The van der Waals surface area contributed by atoms with Crippen LogP contribution in [-0.2, 0) is 0 Å². The minimum Gasteiger partial charge on any atom is -0.476 e. The average Bonchev–Trinajstić information content (AvgIpc) is 2.62. The zero-order valence-electron chi connectivity index (χ0n) is 14.4. The Balaban J connectivity index is 2.40. The maximum atomic E-state index is 13.3. The molecule has 3 rings (SSSR count). The number of nitrogens with zero attached hydrogens (tertiary/aromatic N) is 3. The number of halogens is 1. The first-order chi connectivity index (χ1) is 12.4. The van der Waals surface area contributed by atoms with Crippen molar-refractivity contribution in [3.05, 3.63) is 64.2 Å². The molecular weight excluding hydrogens is 337 g/mol. The molecule has 1 aromatic heterocycles. The average molecular weight is 355 g/mol. The van der Waals surface area contributed by atoms with Crippen LogP contribution < -0.4 is 10.3 Å². The highest BCUT2D eigenvalue weighted by atomic mass is 19.1. The quantitative estimate of drug-likeness (QED) is 0.761. The lowest BCUT2D eigenvalue weighted by atomic mass is 10.1.